The van der Waals surface area contributed by atoms with Crippen LogP contribution >= 0.6 is 0 Å². The second-order valence-corrected chi connectivity index (χ2v) is 10.3. The number of rotatable bonds is 5. The zero-order valence-corrected chi connectivity index (χ0v) is 22.9. The molecule has 5 aromatic carbocycles. The number of furan rings is 1. The summed E-state index contributed by atoms with van der Waals surface area (Å²) in [5.41, 5.74) is 9.21. The molecule has 1 aliphatic carbocycles. The van der Waals surface area contributed by atoms with Gasteiger partial charge >= 0.3 is 0 Å². The van der Waals surface area contributed by atoms with Gasteiger partial charge in [-0.3, -0.25) is 0 Å². The minimum atomic E-state index is 0.472. The zero-order chi connectivity index (χ0) is 28.2. The molecule has 0 unspecified atom stereocenters. The maximum absolute atomic E-state index is 6.06. The highest BCUT2D eigenvalue weighted by Crippen LogP contribution is 2.48. The van der Waals surface area contributed by atoms with E-state index >= 15 is 0 Å². The summed E-state index contributed by atoms with van der Waals surface area (Å²) in [7, 11) is 0. The number of benzene rings is 5. The van der Waals surface area contributed by atoms with Gasteiger partial charge in [0.25, 0.3) is 0 Å². The van der Waals surface area contributed by atoms with Crippen molar-refractivity contribution < 1.29 is 4.42 Å². The van der Waals surface area contributed by atoms with Crippen LogP contribution < -0.4 is 0 Å². The van der Waals surface area contributed by atoms with Gasteiger partial charge in [0, 0.05) is 27.6 Å². The molecule has 2 aromatic heterocycles. The number of hydrogen-bond donors (Lipinski definition) is 0. The van der Waals surface area contributed by atoms with Gasteiger partial charge in [0.05, 0.1) is 0 Å². The molecule has 0 bridgehead atoms. The number of nitrogens with zero attached hydrogens (tertiary/aromatic N) is 4. The predicted molar refractivity (Wildman–Crippen MR) is 172 cm³/mol. The largest absolute Gasteiger partial charge is 0.438 e. The van der Waals surface area contributed by atoms with Crippen molar-refractivity contribution >= 4 is 40.4 Å². The summed E-state index contributed by atoms with van der Waals surface area (Å²) in [5, 5.41) is 3.32. The number of aromatic nitrogens is 3. The number of fused-ring (bicyclic) bond motifs is 4. The van der Waals surface area contributed by atoms with Crippen LogP contribution in [-0.4, -0.2) is 21.7 Å². The highest BCUT2D eigenvalue weighted by Gasteiger charge is 2.24. The Morgan fingerprint density at radius 2 is 1.29 bits per heavy atom. The van der Waals surface area contributed by atoms with Crippen molar-refractivity contribution in [1.82, 2.24) is 15.0 Å². The Morgan fingerprint density at radius 1 is 0.619 bits per heavy atom. The molecule has 5 nitrogen and oxygen atoms in total. The molecule has 0 saturated heterocycles. The summed E-state index contributed by atoms with van der Waals surface area (Å²) < 4.78 is 6.06. The normalized spacial score (nSPS) is 11.9. The van der Waals surface area contributed by atoms with Crippen LogP contribution in [0.5, 0.6) is 0 Å². The summed E-state index contributed by atoms with van der Waals surface area (Å²) in [4.78, 5) is 19.3. The Labute approximate surface area is 242 Å². The Hall–Kier alpha value is -5.68. The molecule has 42 heavy (non-hydrogen) atoms. The van der Waals surface area contributed by atoms with Crippen LogP contribution in [0.1, 0.15) is 12.5 Å². The van der Waals surface area contributed by atoms with Crippen LogP contribution in [0.4, 0.5) is 5.88 Å². The molecular formula is C37H24N4O. The van der Waals surface area contributed by atoms with E-state index in [4.69, 9.17) is 19.4 Å². The van der Waals surface area contributed by atoms with Gasteiger partial charge in [-0.1, -0.05) is 97.1 Å². The van der Waals surface area contributed by atoms with E-state index in [1.54, 1.807) is 0 Å². The van der Waals surface area contributed by atoms with Crippen LogP contribution in [0.25, 0.3) is 84.2 Å². The molecule has 0 radical (unpaired) electrons. The number of allylic oxidation sites excluding steroid dienone is 1. The van der Waals surface area contributed by atoms with Crippen molar-refractivity contribution in [2.45, 2.75) is 6.92 Å². The first kappa shape index (κ1) is 24.1. The summed E-state index contributed by atoms with van der Waals surface area (Å²) in [6, 6.07) is 35.4. The SMILES string of the molecule is C=Nc1oc2cccc(-c3nc(-c4ccccc4)nc(-c4cc5c6c(cccc6c4)-c4ccccc4-5)n3)c2c1/C=C\C. The maximum Gasteiger partial charge on any atom is 0.226 e. The Morgan fingerprint density at radius 3 is 2.07 bits per heavy atom. The second kappa shape index (κ2) is 9.46. The zero-order valence-electron chi connectivity index (χ0n) is 22.9. The lowest BCUT2D eigenvalue weighted by Crippen LogP contribution is -2.00. The Bertz CT molecular complexity index is 2230. The molecule has 0 spiro atoms. The molecule has 0 aliphatic heterocycles. The van der Waals surface area contributed by atoms with E-state index in [1.165, 1.54) is 27.6 Å². The molecular weight excluding hydrogens is 516 g/mol. The molecule has 2 heterocycles. The van der Waals surface area contributed by atoms with Gasteiger partial charge in [-0.2, -0.15) is 0 Å². The van der Waals surface area contributed by atoms with E-state index in [2.05, 4.69) is 66.3 Å². The van der Waals surface area contributed by atoms with Crippen molar-refractivity contribution in [1.29, 1.82) is 0 Å². The van der Waals surface area contributed by atoms with Crippen LogP contribution in [0.3, 0.4) is 0 Å². The second-order valence-electron chi connectivity index (χ2n) is 10.3. The lowest BCUT2D eigenvalue weighted by atomic mass is 9.99. The lowest BCUT2D eigenvalue weighted by Gasteiger charge is -2.11. The molecule has 0 saturated carbocycles. The summed E-state index contributed by atoms with van der Waals surface area (Å²) in [6.45, 7) is 5.69. The van der Waals surface area contributed by atoms with E-state index in [9.17, 15) is 0 Å². The fourth-order valence-electron chi connectivity index (χ4n) is 6.07. The van der Waals surface area contributed by atoms with Crippen molar-refractivity contribution in [3.8, 4) is 56.4 Å². The highest BCUT2D eigenvalue weighted by atomic mass is 16.3. The molecule has 1 aliphatic rings. The molecule has 0 amide bonds. The molecule has 0 atom stereocenters. The van der Waals surface area contributed by atoms with Crippen molar-refractivity contribution in [3.05, 3.63) is 115 Å². The topological polar surface area (TPSA) is 64.2 Å². The smallest absolute Gasteiger partial charge is 0.226 e. The minimum Gasteiger partial charge on any atom is -0.438 e. The van der Waals surface area contributed by atoms with Crippen LogP contribution in [0, 0.1) is 0 Å². The first-order valence-electron chi connectivity index (χ1n) is 13.9. The average Bonchev–Trinajstić information content (AvgIpc) is 3.58. The van der Waals surface area contributed by atoms with Gasteiger partial charge in [-0.15, -0.1) is 0 Å². The highest BCUT2D eigenvalue weighted by molar-refractivity contribution is 6.16. The first-order chi connectivity index (χ1) is 20.7. The van der Waals surface area contributed by atoms with Crippen molar-refractivity contribution in [2.24, 2.45) is 4.99 Å². The first-order valence-corrected chi connectivity index (χ1v) is 13.9. The molecule has 198 valence electrons. The third-order valence-corrected chi connectivity index (χ3v) is 7.86. The Kier molecular flexibility index (Phi) is 5.44. The molecule has 5 heteroatoms. The molecule has 8 rings (SSSR count). The Balaban J connectivity index is 1.41. The van der Waals surface area contributed by atoms with E-state index in [0.29, 0.717) is 28.9 Å². The fraction of sp³-hybridized carbons (Fsp3) is 0.0270. The summed E-state index contributed by atoms with van der Waals surface area (Å²) in [6.07, 6.45) is 3.95. The third kappa shape index (κ3) is 3.64. The minimum absolute atomic E-state index is 0.472. The molecule has 0 N–H and O–H groups in total. The van der Waals surface area contributed by atoms with E-state index in [1.807, 2.05) is 67.6 Å². The summed E-state index contributed by atoms with van der Waals surface area (Å²) >= 11 is 0. The number of hydrogen-bond acceptors (Lipinski definition) is 5. The van der Waals surface area contributed by atoms with Gasteiger partial charge in [-0.05, 0) is 64.9 Å². The van der Waals surface area contributed by atoms with E-state index in [-0.39, 0.29) is 0 Å². The van der Waals surface area contributed by atoms with Crippen molar-refractivity contribution in [3.63, 3.8) is 0 Å². The third-order valence-electron chi connectivity index (χ3n) is 7.86. The van der Waals surface area contributed by atoms with Crippen LogP contribution in [-0.2, 0) is 0 Å². The quantitative estimate of drug-likeness (QED) is 0.204. The fourth-order valence-corrected chi connectivity index (χ4v) is 6.07. The van der Waals surface area contributed by atoms with Gasteiger partial charge in [0.15, 0.2) is 17.5 Å². The summed E-state index contributed by atoms with van der Waals surface area (Å²) in [5.74, 6) is 2.26. The van der Waals surface area contributed by atoms with Gasteiger partial charge in [0.2, 0.25) is 5.88 Å². The average molecular weight is 541 g/mol. The predicted octanol–water partition coefficient (Wildman–Crippen LogP) is 9.78. The van der Waals surface area contributed by atoms with Crippen molar-refractivity contribution in [2.75, 3.05) is 0 Å². The monoisotopic (exact) mass is 540 g/mol. The lowest BCUT2D eigenvalue weighted by molar-refractivity contribution is 0.626. The van der Waals surface area contributed by atoms with E-state index in [0.717, 1.165) is 33.0 Å². The van der Waals surface area contributed by atoms with Gasteiger partial charge in [-0.25, -0.2) is 19.9 Å². The number of aliphatic imine (C=N–C) groups is 1. The molecule has 0 fully saturated rings. The van der Waals surface area contributed by atoms with Crippen LogP contribution in [0.2, 0.25) is 0 Å². The van der Waals surface area contributed by atoms with E-state index < -0.39 is 0 Å². The van der Waals surface area contributed by atoms with Crippen LogP contribution in [0.15, 0.2) is 119 Å². The standard InChI is InChI=1S/C37H24N4O/c1-3-11-29-33-28(18-10-19-31(33)42-37(29)38-2)36-40-34(22-12-5-4-6-13-22)39-35(41-36)24-20-23-14-9-17-27-25-15-7-8-16-26(25)30(21-24)32(23)27/h3-21H,2H2,1H3/b11-3-. The maximum atomic E-state index is 6.06. The molecule has 7 aromatic rings. The van der Waals surface area contributed by atoms with Gasteiger partial charge < -0.3 is 4.42 Å². The van der Waals surface area contributed by atoms with Gasteiger partial charge in [0.1, 0.15) is 5.58 Å².